The molecule has 0 spiro atoms. The van der Waals surface area contributed by atoms with E-state index in [4.69, 9.17) is 5.73 Å². The minimum Gasteiger partial charge on any atom is -0.388 e. The van der Waals surface area contributed by atoms with Crippen molar-refractivity contribution in [1.82, 2.24) is 0 Å². The van der Waals surface area contributed by atoms with E-state index in [0.29, 0.717) is 17.4 Å². The van der Waals surface area contributed by atoms with Gasteiger partial charge in [0.05, 0.1) is 0 Å². The van der Waals surface area contributed by atoms with Gasteiger partial charge in [0.25, 0.3) is 0 Å². The molecule has 0 fully saturated rings. The first-order chi connectivity index (χ1) is 9.54. The van der Waals surface area contributed by atoms with Crippen LogP contribution in [0.15, 0.2) is 54.6 Å². The topological polar surface area (TPSA) is 83.5 Å². The molecule has 0 bridgehead atoms. The van der Waals surface area contributed by atoms with E-state index in [1.807, 2.05) is 30.3 Å². The molecule has 2 rings (SSSR count). The molecule has 5 heteroatoms. The summed E-state index contributed by atoms with van der Waals surface area (Å²) < 4.78 is 0. The van der Waals surface area contributed by atoms with Gasteiger partial charge in [0.2, 0.25) is 0 Å². The zero-order valence-corrected chi connectivity index (χ0v) is 12.2. The Morgan fingerprint density at radius 2 is 1.67 bits per heavy atom. The quantitative estimate of drug-likeness (QED) is 0.579. The van der Waals surface area contributed by atoms with E-state index in [1.165, 1.54) is 12.1 Å². The molecular weight excluding hydrogens is 290 g/mol. The van der Waals surface area contributed by atoms with Gasteiger partial charge in [-0.1, -0.05) is 54.6 Å². The maximum absolute atomic E-state index is 10.6. The third-order valence-corrected chi connectivity index (χ3v) is 3.29. The number of benzene rings is 2. The van der Waals surface area contributed by atoms with Gasteiger partial charge in [-0.15, -0.1) is 12.4 Å². The van der Waals surface area contributed by atoms with Gasteiger partial charge in [0, 0.05) is 17.5 Å². The van der Waals surface area contributed by atoms with Crippen LogP contribution in [-0.4, -0.2) is 22.6 Å². The van der Waals surface area contributed by atoms with Crippen LogP contribution >= 0.6 is 12.4 Å². The molecule has 2 aromatic carbocycles. The molecular formula is C16H18ClNO3. The first-order valence-electron chi connectivity index (χ1n) is 6.33. The summed E-state index contributed by atoms with van der Waals surface area (Å²) in [6, 6.07) is 15.5. The van der Waals surface area contributed by atoms with Crippen LogP contribution in [0.2, 0.25) is 0 Å². The molecule has 112 valence electrons. The monoisotopic (exact) mass is 307 g/mol. The van der Waals surface area contributed by atoms with Crippen LogP contribution in [0.3, 0.4) is 0 Å². The molecule has 0 aliphatic heterocycles. The van der Waals surface area contributed by atoms with Crippen molar-refractivity contribution in [1.29, 1.82) is 0 Å². The standard InChI is InChI=1S/C16H17NO3.ClH/c17-16(20,14-8-6-13(11-18)7-9-14)15(19)10-12-4-2-1-3-5-12;/h1-9,11,15,19-20H,10,17H2;1H/t15-,16-;/m0./s1. The molecule has 0 aromatic heterocycles. The number of aliphatic hydroxyl groups is 2. The van der Waals surface area contributed by atoms with Crippen molar-refractivity contribution >= 4 is 18.7 Å². The molecule has 4 nitrogen and oxygen atoms in total. The van der Waals surface area contributed by atoms with E-state index in [-0.39, 0.29) is 18.8 Å². The molecule has 0 unspecified atom stereocenters. The SMILES string of the molecule is Cl.N[C@](O)(c1ccc(C=O)cc1)[C@@H](O)Cc1ccccc1. The van der Waals surface area contributed by atoms with E-state index in [0.717, 1.165) is 5.56 Å². The van der Waals surface area contributed by atoms with Gasteiger partial charge in [-0.05, 0) is 5.56 Å². The normalized spacial score (nSPS) is 14.6. The van der Waals surface area contributed by atoms with Crippen LogP contribution in [0, 0.1) is 0 Å². The predicted octanol–water partition coefficient (Wildman–Crippen LogP) is 1.63. The lowest BCUT2D eigenvalue weighted by atomic mass is 9.92. The number of rotatable bonds is 5. The first-order valence-corrected chi connectivity index (χ1v) is 6.33. The van der Waals surface area contributed by atoms with Crippen LogP contribution in [-0.2, 0) is 12.1 Å². The minimum absolute atomic E-state index is 0. The van der Waals surface area contributed by atoms with Crippen molar-refractivity contribution in [2.75, 3.05) is 0 Å². The maximum Gasteiger partial charge on any atom is 0.166 e. The third-order valence-electron chi connectivity index (χ3n) is 3.29. The fraction of sp³-hybridized carbons (Fsp3) is 0.188. The fourth-order valence-corrected chi connectivity index (χ4v) is 2.01. The number of aldehydes is 1. The summed E-state index contributed by atoms with van der Waals surface area (Å²) in [7, 11) is 0. The highest BCUT2D eigenvalue weighted by molar-refractivity contribution is 5.85. The van der Waals surface area contributed by atoms with E-state index < -0.39 is 11.8 Å². The summed E-state index contributed by atoms with van der Waals surface area (Å²) in [5, 5.41) is 20.5. The Morgan fingerprint density at radius 1 is 1.10 bits per heavy atom. The Hall–Kier alpha value is -1.72. The zero-order chi connectivity index (χ0) is 14.6. The van der Waals surface area contributed by atoms with E-state index in [9.17, 15) is 15.0 Å². The van der Waals surface area contributed by atoms with E-state index in [2.05, 4.69) is 0 Å². The average molecular weight is 308 g/mol. The molecule has 0 heterocycles. The number of carbonyl (C=O) groups excluding carboxylic acids is 1. The Labute approximate surface area is 129 Å². The third kappa shape index (κ3) is 4.12. The minimum atomic E-state index is -1.86. The molecule has 0 amide bonds. The number of halogens is 1. The van der Waals surface area contributed by atoms with Crippen LogP contribution < -0.4 is 5.73 Å². The summed E-state index contributed by atoms with van der Waals surface area (Å²) in [5.41, 5.74) is 5.71. The van der Waals surface area contributed by atoms with Gasteiger partial charge in [0.1, 0.15) is 12.4 Å². The largest absolute Gasteiger partial charge is 0.388 e. The van der Waals surface area contributed by atoms with Gasteiger partial charge >= 0.3 is 0 Å². The number of hydrogen-bond donors (Lipinski definition) is 3. The van der Waals surface area contributed by atoms with Crippen LogP contribution in [0.25, 0.3) is 0 Å². The molecule has 0 aliphatic carbocycles. The van der Waals surface area contributed by atoms with Crippen molar-refractivity contribution in [2.45, 2.75) is 18.2 Å². The molecule has 0 aliphatic rings. The highest BCUT2D eigenvalue weighted by Gasteiger charge is 2.33. The Kier molecular flexibility index (Phi) is 6.05. The molecule has 2 aromatic rings. The van der Waals surface area contributed by atoms with Crippen molar-refractivity contribution < 1.29 is 15.0 Å². The molecule has 0 saturated carbocycles. The smallest absolute Gasteiger partial charge is 0.166 e. The van der Waals surface area contributed by atoms with Gasteiger partial charge in [0.15, 0.2) is 5.72 Å². The van der Waals surface area contributed by atoms with Crippen molar-refractivity contribution in [3.05, 3.63) is 71.3 Å². The second-order valence-corrected chi connectivity index (χ2v) is 4.77. The molecule has 0 saturated heterocycles. The Balaban J connectivity index is 0.00000220. The summed E-state index contributed by atoms with van der Waals surface area (Å²) in [5.74, 6) is 0. The van der Waals surface area contributed by atoms with Crippen molar-refractivity contribution in [2.24, 2.45) is 5.73 Å². The number of nitrogens with two attached hydrogens (primary N) is 1. The molecule has 0 radical (unpaired) electrons. The number of hydrogen-bond acceptors (Lipinski definition) is 4. The molecule has 21 heavy (non-hydrogen) atoms. The predicted molar refractivity (Wildman–Crippen MR) is 83.3 cm³/mol. The molecule has 4 N–H and O–H groups in total. The second kappa shape index (κ2) is 7.33. The lowest BCUT2D eigenvalue weighted by Gasteiger charge is -2.29. The van der Waals surface area contributed by atoms with Crippen LogP contribution in [0.1, 0.15) is 21.5 Å². The summed E-state index contributed by atoms with van der Waals surface area (Å²) in [6.45, 7) is 0. The Bertz CT molecular complexity index is 570. The lowest BCUT2D eigenvalue weighted by Crippen LogP contribution is -2.48. The maximum atomic E-state index is 10.6. The summed E-state index contributed by atoms with van der Waals surface area (Å²) in [6.07, 6.45) is -0.199. The fourth-order valence-electron chi connectivity index (χ4n) is 2.01. The van der Waals surface area contributed by atoms with Crippen molar-refractivity contribution in [3.63, 3.8) is 0 Å². The number of aliphatic hydroxyl groups excluding tert-OH is 1. The van der Waals surface area contributed by atoms with Crippen molar-refractivity contribution in [3.8, 4) is 0 Å². The summed E-state index contributed by atoms with van der Waals surface area (Å²) >= 11 is 0. The average Bonchev–Trinajstić information content (AvgIpc) is 2.48. The van der Waals surface area contributed by atoms with Gasteiger partial charge < -0.3 is 10.2 Å². The van der Waals surface area contributed by atoms with Gasteiger partial charge in [-0.25, -0.2) is 0 Å². The number of carbonyl (C=O) groups is 1. The second-order valence-electron chi connectivity index (χ2n) is 4.77. The zero-order valence-electron chi connectivity index (χ0n) is 11.3. The first kappa shape index (κ1) is 17.3. The van der Waals surface area contributed by atoms with Gasteiger partial charge in [-0.3, -0.25) is 10.5 Å². The molecule has 2 atom stereocenters. The highest BCUT2D eigenvalue weighted by atomic mass is 35.5. The van der Waals surface area contributed by atoms with E-state index in [1.54, 1.807) is 12.1 Å². The lowest BCUT2D eigenvalue weighted by molar-refractivity contribution is -0.0756. The van der Waals surface area contributed by atoms with E-state index >= 15 is 0 Å². The van der Waals surface area contributed by atoms with Gasteiger partial charge in [-0.2, -0.15) is 0 Å². The Morgan fingerprint density at radius 3 is 2.19 bits per heavy atom. The highest BCUT2D eigenvalue weighted by Crippen LogP contribution is 2.22. The van der Waals surface area contributed by atoms with Crippen LogP contribution in [0.5, 0.6) is 0 Å². The summed E-state index contributed by atoms with van der Waals surface area (Å²) in [4.78, 5) is 10.6. The van der Waals surface area contributed by atoms with Crippen LogP contribution in [0.4, 0.5) is 0 Å².